The molecule has 128 valence electrons. The lowest BCUT2D eigenvalue weighted by Gasteiger charge is -2.29. The van der Waals surface area contributed by atoms with Crippen LogP contribution in [0.4, 0.5) is 9.59 Å². The zero-order valence-corrected chi connectivity index (χ0v) is 14.0. The molecule has 1 aliphatic rings. The second kappa shape index (κ2) is 11.2. The van der Waals surface area contributed by atoms with E-state index in [9.17, 15) is 9.59 Å². The van der Waals surface area contributed by atoms with E-state index < -0.39 is 0 Å². The second-order valence-electron chi connectivity index (χ2n) is 6.06. The molecule has 1 rings (SSSR count). The van der Waals surface area contributed by atoms with Crippen LogP contribution in [0, 0.1) is 0 Å². The smallest absolute Gasteiger partial charge is 0.315 e. The van der Waals surface area contributed by atoms with Crippen molar-refractivity contribution in [3.8, 4) is 0 Å². The molecule has 0 radical (unpaired) electrons. The third kappa shape index (κ3) is 8.10. The maximum atomic E-state index is 11.7. The van der Waals surface area contributed by atoms with Crippen molar-refractivity contribution >= 4 is 12.1 Å². The van der Waals surface area contributed by atoms with Gasteiger partial charge in [-0.1, -0.05) is 26.7 Å². The molecule has 1 fully saturated rings. The molecule has 0 atom stereocenters. The van der Waals surface area contributed by atoms with Crippen LogP contribution in [0.2, 0.25) is 0 Å². The van der Waals surface area contributed by atoms with Crippen LogP contribution in [0.1, 0.15) is 65.2 Å². The Labute approximate surface area is 134 Å². The molecule has 0 saturated heterocycles. The molecule has 1 aliphatic carbocycles. The first-order chi connectivity index (χ1) is 10.7. The van der Waals surface area contributed by atoms with Gasteiger partial charge < -0.3 is 21.3 Å². The number of urea groups is 2. The van der Waals surface area contributed by atoms with Crippen molar-refractivity contribution in [3.05, 3.63) is 0 Å². The van der Waals surface area contributed by atoms with Crippen LogP contribution in [0.3, 0.4) is 0 Å². The van der Waals surface area contributed by atoms with Crippen molar-refractivity contribution in [2.24, 2.45) is 0 Å². The molecule has 22 heavy (non-hydrogen) atoms. The number of amides is 4. The largest absolute Gasteiger partial charge is 0.338 e. The summed E-state index contributed by atoms with van der Waals surface area (Å²) in [4.78, 5) is 23.4. The molecule has 1 saturated carbocycles. The average molecular weight is 312 g/mol. The minimum absolute atomic E-state index is 0.0674. The molecular weight excluding hydrogens is 280 g/mol. The van der Waals surface area contributed by atoms with E-state index in [-0.39, 0.29) is 24.1 Å². The van der Waals surface area contributed by atoms with E-state index in [1.807, 2.05) is 0 Å². The lowest BCUT2D eigenvalue weighted by atomic mass is 9.91. The highest BCUT2D eigenvalue weighted by Gasteiger charge is 2.23. The van der Waals surface area contributed by atoms with Gasteiger partial charge in [0, 0.05) is 25.2 Å². The fourth-order valence-electron chi connectivity index (χ4n) is 2.61. The Morgan fingerprint density at radius 2 is 1.14 bits per heavy atom. The number of unbranched alkanes of at least 4 members (excludes halogenated alkanes) is 2. The van der Waals surface area contributed by atoms with Gasteiger partial charge in [-0.05, 0) is 38.5 Å². The second-order valence-corrected chi connectivity index (χ2v) is 6.06. The van der Waals surface area contributed by atoms with Gasteiger partial charge in [-0.2, -0.15) is 0 Å². The Morgan fingerprint density at radius 1 is 0.773 bits per heavy atom. The summed E-state index contributed by atoms with van der Waals surface area (Å²) in [7, 11) is 0. The molecule has 6 nitrogen and oxygen atoms in total. The predicted octanol–water partition coefficient (Wildman–Crippen LogP) is 2.50. The van der Waals surface area contributed by atoms with Gasteiger partial charge >= 0.3 is 12.1 Å². The van der Waals surface area contributed by atoms with Crippen molar-refractivity contribution < 1.29 is 9.59 Å². The first kappa shape index (κ1) is 18.6. The summed E-state index contributed by atoms with van der Waals surface area (Å²) < 4.78 is 0. The fraction of sp³-hybridized carbons (Fsp3) is 0.875. The van der Waals surface area contributed by atoms with Crippen LogP contribution in [0.5, 0.6) is 0 Å². The maximum absolute atomic E-state index is 11.7. The summed E-state index contributed by atoms with van der Waals surface area (Å²) in [5.74, 6) is 0. The molecule has 0 aromatic heterocycles. The Bertz CT molecular complexity index is 296. The Kier molecular flexibility index (Phi) is 9.42. The van der Waals surface area contributed by atoms with Crippen LogP contribution >= 0.6 is 0 Å². The van der Waals surface area contributed by atoms with E-state index in [4.69, 9.17) is 0 Å². The van der Waals surface area contributed by atoms with E-state index in [0.717, 1.165) is 64.5 Å². The van der Waals surface area contributed by atoms with Gasteiger partial charge in [0.05, 0.1) is 0 Å². The third-order valence-corrected chi connectivity index (χ3v) is 4.03. The van der Waals surface area contributed by atoms with Gasteiger partial charge in [0.15, 0.2) is 0 Å². The van der Waals surface area contributed by atoms with Crippen LogP contribution in [0.15, 0.2) is 0 Å². The normalized spacial score (nSPS) is 21.0. The molecule has 0 unspecified atom stereocenters. The van der Waals surface area contributed by atoms with E-state index in [2.05, 4.69) is 35.1 Å². The highest BCUT2D eigenvalue weighted by molar-refractivity contribution is 5.74. The first-order valence-electron chi connectivity index (χ1n) is 8.74. The quantitative estimate of drug-likeness (QED) is 0.519. The zero-order chi connectivity index (χ0) is 16.2. The molecule has 0 bridgehead atoms. The molecule has 0 aliphatic heterocycles. The molecule has 0 aromatic rings. The molecule has 0 aromatic carbocycles. The van der Waals surface area contributed by atoms with Gasteiger partial charge in [0.2, 0.25) is 0 Å². The maximum Gasteiger partial charge on any atom is 0.315 e. The van der Waals surface area contributed by atoms with Crippen molar-refractivity contribution in [2.75, 3.05) is 13.1 Å². The third-order valence-electron chi connectivity index (χ3n) is 4.03. The zero-order valence-electron chi connectivity index (χ0n) is 14.0. The summed E-state index contributed by atoms with van der Waals surface area (Å²) in [5.41, 5.74) is 0. The highest BCUT2D eigenvalue weighted by atomic mass is 16.2. The number of nitrogens with one attached hydrogen (secondary N) is 4. The monoisotopic (exact) mass is 312 g/mol. The predicted molar refractivity (Wildman–Crippen MR) is 88.9 cm³/mol. The summed E-state index contributed by atoms with van der Waals surface area (Å²) >= 11 is 0. The summed E-state index contributed by atoms with van der Waals surface area (Å²) in [6.45, 7) is 5.67. The number of hydrogen-bond acceptors (Lipinski definition) is 2. The van der Waals surface area contributed by atoms with Crippen molar-refractivity contribution in [3.63, 3.8) is 0 Å². The van der Waals surface area contributed by atoms with Gasteiger partial charge in [-0.3, -0.25) is 0 Å². The lowest BCUT2D eigenvalue weighted by molar-refractivity contribution is 0.221. The van der Waals surface area contributed by atoms with Gasteiger partial charge in [-0.25, -0.2) is 9.59 Å². The van der Waals surface area contributed by atoms with Gasteiger partial charge in [0.1, 0.15) is 0 Å². The average Bonchev–Trinajstić information content (AvgIpc) is 2.50. The topological polar surface area (TPSA) is 82.3 Å². The highest BCUT2D eigenvalue weighted by Crippen LogP contribution is 2.18. The number of rotatable bonds is 8. The molecule has 0 spiro atoms. The summed E-state index contributed by atoms with van der Waals surface area (Å²) in [6.07, 6.45) is 7.85. The van der Waals surface area contributed by atoms with Crippen molar-refractivity contribution in [2.45, 2.75) is 77.3 Å². The first-order valence-corrected chi connectivity index (χ1v) is 8.74. The number of carbonyl (C=O) groups is 2. The lowest BCUT2D eigenvalue weighted by Crippen LogP contribution is -2.48. The molecule has 6 heteroatoms. The van der Waals surface area contributed by atoms with Crippen LogP contribution in [-0.2, 0) is 0 Å². The minimum atomic E-state index is -0.0674. The standard InChI is InChI=1S/C16H32N4O2/c1-3-5-11-17-15(21)19-13-7-9-14(10-8-13)20-16(22)18-12-6-4-2/h13-14H,3-12H2,1-2H3,(H2,17,19,21)(H2,18,20,22)/t13-,14-. The van der Waals surface area contributed by atoms with E-state index in [1.165, 1.54) is 0 Å². The van der Waals surface area contributed by atoms with E-state index >= 15 is 0 Å². The minimum Gasteiger partial charge on any atom is -0.338 e. The van der Waals surface area contributed by atoms with Crippen molar-refractivity contribution in [1.29, 1.82) is 0 Å². The Balaban J connectivity index is 2.12. The number of hydrogen-bond donors (Lipinski definition) is 4. The van der Waals surface area contributed by atoms with E-state index in [1.54, 1.807) is 0 Å². The SMILES string of the molecule is CCCCNC(=O)N[C@H]1CC[C@H](NC(=O)NCCCC)CC1. The number of carbonyl (C=O) groups excluding carboxylic acids is 2. The summed E-state index contributed by atoms with van der Waals surface area (Å²) in [5, 5.41) is 11.8. The van der Waals surface area contributed by atoms with Gasteiger partial charge in [-0.15, -0.1) is 0 Å². The van der Waals surface area contributed by atoms with Crippen LogP contribution in [0.25, 0.3) is 0 Å². The molecule has 4 N–H and O–H groups in total. The van der Waals surface area contributed by atoms with Crippen LogP contribution in [-0.4, -0.2) is 37.2 Å². The molecule has 4 amide bonds. The molecular formula is C16H32N4O2. The Hall–Kier alpha value is -1.46. The summed E-state index contributed by atoms with van der Waals surface area (Å²) in [6, 6.07) is 0.315. The van der Waals surface area contributed by atoms with Crippen LogP contribution < -0.4 is 21.3 Å². The van der Waals surface area contributed by atoms with Gasteiger partial charge in [0.25, 0.3) is 0 Å². The van der Waals surface area contributed by atoms with Crippen molar-refractivity contribution in [1.82, 2.24) is 21.3 Å². The Morgan fingerprint density at radius 3 is 1.45 bits per heavy atom. The fourth-order valence-corrected chi connectivity index (χ4v) is 2.61. The molecule has 0 heterocycles. The van der Waals surface area contributed by atoms with E-state index in [0.29, 0.717) is 0 Å².